The Balaban J connectivity index is 1.06. The molecule has 3 aromatic carbocycles. The quantitative estimate of drug-likeness (QED) is 0.168. The minimum Gasteiger partial charge on any atom is -0.490 e. The zero-order valence-electron chi connectivity index (χ0n) is 27.0. The third kappa shape index (κ3) is 6.59. The lowest BCUT2D eigenvalue weighted by molar-refractivity contribution is 0.0948. The number of benzene rings is 3. The van der Waals surface area contributed by atoms with Crippen LogP contribution in [0.1, 0.15) is 61.5 Å². The van der Waals surface area contributed by atoms with Crippen molar-refractivity contribution in [3.63, 3.8) is 0 Å². The van der Waals surface area contributed by atoms with Crippen molar-refractivity contribution in [2.24, 2.45) is 5.92 Å². The first kappa shape index (κ1) is 30.8. The monoisotopic (exact) mass is 613 g/mol. The molecule has 0 radical (unpaired) electrons. The number of aryl methyl sites for hydroxylation is 1. The normalized spacial score (nSPS) is 14.7. The predicted molar refractivity (Wildman–Crippen MR) is 183 cm³/mol. The van der Waals surface area contributed by atoms with Crippen molar-refractivity contribution in [3.05, 3.63) is 101 Å². The molecule has 1 saturated heterocycles. The van der Waals surface area contributed by atoms with Gasteiger partial charge in [-0.1, -0.05) is 25.5 Å². The topological polar surface area (TPSA) is 84.9 Å². The highest BCUT2D eigenvalue weighted by molar-refractivity contribution is 5.94. The SMILES string of the molecule is [C-]#[N+]c1cc(C(C)C)c2oc(-c3ccc(C(=O)NC[C@H]4CCN(c5ccc(-c6cc(C)ccc6OC(C)C)cn5)C4)cc3)nc2c1. The summed E-state index contributed by atoms with van der Waals surface area (Å²) in [5.74, 6) is 2.71. The molecule has 46 heavy (non-hydrogen) atoms. The number of carbonyl (C=O) groups excluding carboxylic acids is 1. The number of anilines is 1. The Bertz CT molecular complexity index is 1900. The van der Waals surface area contributed by atoms with Crippen LogP contribution in [-0.4, -0.2) is 41.6 Å². The van der Waals surface area contributed by atoms with Gasteiger partial charge in [-0.3, -0.25) is 4.79 Å². The Morgan fingerprint density at radius 3 is 2.54 bits per heavy atom. The molecular weight excluding hydrogens is 574 g/mol. The van der Waals surface area contributed by atoms with Crippen LogP contribution in [0.15, 0.2) is 77.3 Å². The van der Waals surface area contributed by atoms with Crippen molar-refractivity contribution in [1.82, 2.24) is 15.3 Å². The van der Waals surface area contributed by atoms with Crippen molar-refractivity contribution in [2.45, 2.75) is 53.1 Å². The second-order valence-electron chi connectivity index (χ2n) is 12.6. The number of carbonyl (C=O) groups is 1. The summed E-state index contributed by atoms with van der Waals surface area (Å²) in [4.78, 5) is 28.3. The van der Waals surface area contributed by atoms with E-state index in [4.69, 9.17) is 20.7 Å². The van der Waals surface area contributed by atoms with Crippen LogP contribution < -0.4 is 15.0 Å². The highest BCUT2D eigenvalue weighted by Gasteiger charge is 2.24. The number of nitrogens with zero attached hydrogens (tertiary/aromatic N) is 4. The number of ether oxygens (including phenoxy) is 1. The van der Waals surface area contributed by atoms with E-state index in [-0.39, 0.29) is 17.9 Å². The van der Waals surface area contributed by atoms with Gasteiger partial charge in [0.1, 0.15) is 11.6 Å². The number of amides is 1. The molecule has 8 heteroatoms. The van der Waals surface area contributed by atoms with Crippen LogP contribution >= 0.6 is 0 Å². The van der Waals surface area contributed by atoms with Gasteiger partial charge in [-0.05, 0) is 105 Å². The van der Waals surface area contributed by atoms with Crippen LogP contribution in [0.3, 0.4) is 0 Å². The average Bonchev–Trinajstić information content (AvgIpc) is 3.71. The highest BCUT2D eigenvalue weighted by atomic mass is 16.5. The maximum absolute atomic E-state index is 13.0. The van der Waals surface area contributed by atoms with Crippen LogP contribution in [-0.2, 0) is 0 Å². The molecule has 1 aliphatic rings. The molecular formula is C38H39N5O3. The first-order chi connectivity index (χ1) is 22.2. The lowest BCUT2D eigenvalue weighted by Gasteiger charge is -2.19. The number of aromatic nitrogens is 2. The molecule has 0 unspecified atom stereocenters. The summed E-state index contributed by atoms with van der Waals surface area (Å²) in [6.45, 7) is 20.0. The molecule has 1 N–H and O–H groups in total. The number of hydrogen-bond donors (Lipinski definition) is 1. The van der Waals surface area contributed by atoms with E-state index >= 15 is 0 Å². The Kier molecular flexibility index (Phi) is 8.76. The van der Waals surface area contributed by atoms with E-state index in [1.165, 1.54) is 5.56 Å². The van der Waals surface area contributed by atoms with Crippen LogP contribution in [0.4, 0.5) is 11.5 Å². The van der Waals surface area contributed by atoms with E-state index < -0.39 is 0 Å². The first-order valence-electron chi connectivity index (χ1n) is 15.9. The maximum Gasteiger partial charge on any atom is 0.251 e. The summed E-state index contributed by atoms with van der Waals surface area (Å²) in [6.07, 6.45) is 3.00. The summed E-state index contributed by atoms with van der Waals surface area (Å²) in [5, 5.41) is 3.12. The summed E-state index contributed by atoms with van der Waals surface area (Å²) >= 11 is 0. The van der Waals surface area contributed by atoms with Crippen LogP contribution in [0.2, 0.25) is 0 Å². The molecule has 2 aromatic heterocycles. The van der Waals surface area contributed by atoms with Crippen LogP contribution in [0.5, 0.6) is 5.75 Å². The number of pyridine rings is 1. The summed E-state index contributed by atoms with van der Waals surface area (Å²) < 4.78 is 12.2. The third-order valence-corrected chi connectivity index (χ3v) is 8.37. The van der Waals surface area contributed by atoms with Crippen molar-refractivity contribution in [2.75, 3.05) is 24.5 Å². The van der Waals surface area contributed by atoms with Gasteiger partial charge in [0.25, 0.3) is 5.91 Å². The van der Waals surface area contributed by atoms with Gasteiger partial charge in [0.15, 0.2) is 11.3 Å². The first-order valence-corrected chi connectivity index (χ1v) is 15.9. The second kappa shape index (κ2) is 13.1. The van der Waals surface area contributed by atoms with Crippen LogP contribution in [0, 0.1) is 19.4 Å². The van der Waals surface area contributed by atoms with E-state index in [0.717, 1.165) is 53.3 Å². The lowest BCUT2D eigenvalue weighted by Crippen LogP contribution is -2.31. The van der Waals surface area contributed by atoms with Gasteiger partial charge in [0.05, 0.1) is 18.2 Å². The fourth-order valence-electron chi connectivity index (χ4n) is 5.93. The molecule has 234 valence electrons. The lowest BCUT2D eigenvalue weighted by atomic mass is 10.0. The summed E-state index contributed by atoms with van der Waals surface area (Å²) in [6, 6.07) is 21.3. The molecule has 0 saturated carbocycles. The van der Waals surface area contributed by atoms with E-state index in [9.17, 15) is 4.79 Å². The van der Waals surface area contributed by atoms with Crippen molar-refractivity contribution in [1.29, 1.82) is 0 Å². The molecule has 1 aliphatic heterocycles. The standard InChI is InChI=1S/C38H39N5O3/c1-23(2)31-18-30(39-6)19-33-36(31)46-38(42-33)28-10-8-27(9-11-28)37(44)41-20-26-15-16-43(22-26)35-14-12-29(21-40-35)32-17-25(5)7-13-34(32)45-24(3)4/h7-14,17-19,21,23-24,26H,15-16,20,22H2,1-5H3,(H,41,44)/t26-/m1/s1. The number of fused-ring (bicyclic) bond motifs is 1. The maximum atomic E-state index is 13.0. The fraction of sp³-hybridized carbons (Fsp3) is 0.316. The zero-order chi connectivity index (χ0) is 32.4. The average molecular weight is 614 g/mol. The molecule has 5 aromatic rings. The van der Waals surface area contributed by atoms with Crippen molar-refractivity contribution < 1.29 is 13.9 Å². The predicted octanol–water partition coefficient (Wildman–Crippen LogP) is 8.58. The molecule has 6 rings (SSSR count). The molecule has 0 spiro atoms. The molecule has 1 amide bonds. The van der Waals surface area contributed by atoms with Gasteiger partial charge < -0.3 is 19.4 Å². The minimum atomic E-state index is -0.105. The Morgan fingerprint density at radius 1 is 1.07 bits per heavy atom. The molecule has 3 heterocycles. The molecule has 0 bridgehead atoms. The number of rotatable bonds is 9. The smallest absolute Gasteiger partial charge is 0.251 e. The van der Waals surface area contributed by atoms with Crippen LogP contribution in [0.25, 0.3) is 38.5 Å². The third-order valence-electron chi connectivity index (χ3n) is 8.37. The molecule has 1 fully saturated rings. The Hall–Kier alpha value is -5.16. The highest BCUT2D eigenvalue weighted by Crippen LogP contribution is 2.35. The molecule has 8 nitrogen and oxygen atoms in total. The van der Waals surface area contributed by atoms with Gasteiger partial charge in [-0.15, -0.1) is 0 Å². The second-order valence-corrected chi connectivity index (χ2v) is 12.6. The van der Waals surface area contributed by atoms with Gasteiger partial charge in [0.2, 0.25) is 5.89 Å². The summed E-state index contributed by atoms with van der Waals surface area (Å²) in [5.41, 5.74) is 7.50. The van der Waals surface area contributed by atoms with Crippen molar-refractivity contribution in [3.8, 4) is 28.3 Å². The fourth-order valence-corrected chi connectivity index (χ4v) is 5.93. The minimum absolute atomic E-state index is 0.0921. The van der Waals surface area contributed by atoms with E-state index in [1.807, 2.05) is 44.3 Å². The van der Waals surface area contributed by atoms with Gasteiger partial charge in [0, 0.05) is 48.1 Å². The van der Waals surface area contributed by atoms with Gasteiger partial charge in [-0.2, -0.15) is 0 Å². The number of nitrogens with one attached hydrogen (secondary N) is 1. The number of hydrogen-bond acceptors (Lipinski definition) is 6. The molecule has 0 aliphatic carbocycles. The molecule has 1 atom stereocenters. The Morgan fingerprint density at radius 2 is 1.85 bits per heavy atom. The van der Waals surface area contributed by atoms with E-state index in [2.05, 4.69) is 65.1 Å². The van der Waals surface area contributed by atoms with E-state index in [0.29, 0.717) is 40.7 Å². The number of oxazole rings is 1. The van der Waals surface area contributed by atoms with E-state index in [1.54, 1.807) is 18.2 Å². The Labute approximate surface area is 270 Å². The van der Waals surface area contributed by atoms with Crippen molar-refractivity contribution >= 4 is 28.5 Å². The van der Waals surface area contributed by atoms with Gasteiger partial charge in [-0.25, -0.2) is 14.8 Å². The summed E-state index contributed by atoms with van der Waals surface area (Å²) in [7, 11) is 0. The largest absolute Gasteiger partial charge is 0.490 e. The van der Waals surface area contributed by atoms with Gasteiger partial charge >= 0.3 is 0 Å². The zero-order valence-corrected chi connectivity index (χ0v) is 27.0.